The average Bonchev–Trinajstić information content (AvgIpc) is 2.99. The number of aryl methyl sites for hydroxylation is 1. The van der Waals surface area contributed by atoms with E-state index in [2.05, 4.69) is 34.2 Å². The zero-order valence-electron chi connectivity index (χ0n) is 14.2. The number of nitrogens with one attached hydrogen (secondary N) is 1. The fraction of sp³-hybridized carbons (Fsp3) is 0.471. The van der Waals surface area contributed by atoms with Gasteiger partial charge >= 0.3 is 0 Å². The topological polar surface area (TPSA) is 80.5 Å². The minimum atomic E-state index is -0.282. The standard InChI is InChI=1S/C17H22N4O3/c1-11-6-15(24-20-11)17(22)19-8-14-4-5-16(18-7-14)21-9-12(2)23-13(3)10-21/h4-7,12-13H,8-10H2,1-3H3,(H,19,22). The molecule has 3 heterocycles. The molecule has 1 aliphatic rings. The molecule has 24 heavy (non-hydrogen) atoms. The number of morpholine rings is 1. The molecule has 7 heteroatoms. The molecule has 2 aromatic rings. The van der Waals surface area contributed by atoms with E-state index in [0.29, 0.717) is 12.2 Å². The summed E-state index contributed by atoms with van der Waals surface area (Å²) in [4.78, 5) is 18.7. The number of ether oxygens (including phenoxy) is 1. The van der Waals surface area contributed by atoms with Crippen molar-refractivity contribution in [2.24, 2.45) is 0 Å². The first-order chi connectivity index (χ1) is 11.5. The summed E-state index contributed by atoms with van der Waals surface area (Å²) in [5.74, 6) is 0.863. The second kappa shape index (κ2) is 7.00. The predicted molar refractivity (Wildman–Crippen MR) is 88.9 cm³/mol. The van der Waals surface area contributed by atoms with Gasteiger partial charge in [0.05, 0.1) is 17.9 Å². The number of carbonyl (C=O) groups is 1. The molecule has 3 rings (SSSR count). The summed E-state index contributed by atoms with van der Waals surface area (Å²) in [5.41, 5.74) is 1.61. The van der Waals surface area contributed by atoms with Crippen LogP contribution in [0.3, 0.4) is 0 Å². The number of pyridine rings is 1. The molecular weight excluding hydrogens is 308 g/mol. The first kappa shape index (κ1) is 16.4. The van der Waals surface area contributed by atoms with Crippen LogP contribution in [0.2, 0.25) is 0 Å². The van der Waals surface area contributed by atoms with E-state index in [4.69, 9.17) is 9.26 Å². The third-order valence-electron chi connectivity index (χ3n) is 3.86. The molecule has 128 valence electrons. The molecule has 0 aromatic carbocycles. The van der Waals surface area contributed by atoms with Crippen molar-refractivity contribution < 1.29 is 14.1 Å². The summed E-state index contributed by atoms with van der Waals surface area (Å²) in [6, 6.07) is 5.56. The van der Waals surface area contributed by atoms with Gasteiger partial charge < -0.3 is 19.5 Å². The summed E-state index contributed by atoms with van der Waals surface area (Å²) in [6.07, 6.45) is 2.17. The van der Waals surface area contributed by atoms with Gasteiger partial charge in [-0.1, -0.05) is 11.2 Å². The maximum atomic E-state index is 11.9. The lowest BCUT2D eigenvalue weighted by atomic mass is 10.2. The molecule has 1 amide bonds. The summed E-state index contributed by atoms with van der Waals surface area (Å²) >= 11 is 0. The number of rotatable bonds is 4. The molecule has 1 saturated heterocycles. The third-order valence-corrected chi connectivity index (χ3v) is 3.86. The van der Waals surface area contributed by atoms with Gasteiger partial charge in [0, 0.05) is 31.9 Å². The Balaban J connectivity index is 1.57. The predicted octanol–water partition coefficient (Wildman–Crippen LogP) is 1.92. The second-order valence-corrected chi connectivity index (χ2v) is 6.20. The van der Waals surface area contributed by atoms with Crippen molar-refractivity contribution in [3.8, 4) is 0 Å². The fourth-order valence-electron chi connectivity index (χ4n) is 2.81. The Labute approximate surface area is 141 Å². The largest absolute Gasteiger partial charge is 0.372 e. The van der Waals surface area contributed by atoms with Gasteiger partial charge in [0.2, 0.25) is 5.76 Å². The summed E-state index contributed by atoms with van der Waals surface area (Å²) in [7, 11) is 0. The van der Waals surface area contributed by atoms with Crippen LogP contribution < -0.4 is 10.2 Å². The van der Waals surface area contributed by atoms with Crippen LogP contribution in [0.25, 0.3) is 0 Å². The van der Waals surface area contributed by atoms with Crippen LogP contribution in [0, 0.1) is 6.92 Å². The normalized spacial score (nSPS) is 20.9. The number of nitrogens with zero attached hydrogens (tertiary/aromatic N) is 3. The fourth-order valence-corrected chi connectivity index (χ4v) is 2.81. The van der Waals surface area contributed by atoms with Crippen LogP contribution >= 0.6 is 0 Å². The van der Waals surface area contributed by atoms with Gasteiger partial charge in [-0.05, 0) is 32.4 Å². The monoisotopic (exact) mass is 330 g/mol. The quantitative estimate of drug-likeness (QED) is 0.922. The molecule has 7 nitrogen and oxygen atoms in total. The van der Waals surface area contributed by atoms with Crippen molar-refractivity contribution in [1.82, 2.24) is 15.5 Å². The van der Waals surface area contributed by atoms with E-state index in [0.717, 1.165) is 24.5 Å². The lowest BCUT2D eigenvalue weighted by Crippen LogP contribution is -2.45. The van der Waals surface area contributed by atoms with Crippen LogP contribution in [-0.2, 0) is 11.3 Å². The minimum Gasteiger partial charge on any atom is -0.372 e. The van der Waals surface area contributed by atoms with E-state index >= 15 is 0 Å². The molecule has 0 spiro atoms. The number of anilines is 1. The minimum absolute atomic E-state index is 0.194. The van der Waals surface area contributed by atoms with Gasteiger partial charge in [0.25, 0.3) is 5.91 Å². The zero-order valence-corrected chi connectivity index (χ0v) is 14.2. The van der Waals surface area contributed by atoms with E-state index in [9.17, 15) is 4.79 Å². The molecule has 1 N–H and O–H groups in total. The number of amides is 1. The van der Waals surface area contributed by atoms with Crippen LogP contribution in [0.5, 0.6) is 0 Å². The van der Waals surface area contributed by atoms with Gasteiger partial charge in [0.15, 0.2) is 0 Å². The highest BCUT2D eigenvalue weighted by Crippen LogP contribution is 2.18. The van der Waals surface area contributed by atoms with Crippen LogP contribution in [-0.4, -0.2) is 41.3 Å². The Morgan fingerprint density at radius 2 is 2.08 bits per heavy atom. The van der Waals surface area contributed by atoms with Crippen LogP contribution in [0.15, 0.2) is 28.9 Å². The van der Waals surface area contributed by atoms with Crippen molar-refractivity contribution in [1.29, 1.82) is 0 Å². The lowest BCUT2D eigenvalue weighted by molar-refractivity contribution is -0.00546. The van der Waals surface area contributed by atoms with Crippen molar-refractivity contribution >= 4 is 11.7 Å². The number of aromatic nitrogens is 2. The van der Waals surface area contributed by atoms with Crippen molar-refractivity contribution in [3.63, 3.8) is 0 Å². The van der Waals surface area contributed by atoms with E-state index < -0.39 is 0 Å². The zero-order chi connectivity index (χ0) is 17.1. The number of hydrogen-bond acceptors (Lipinski definition) is 6. The Hall–Kier alpha value is -2.41. The molecule has 2 unspecified atom stereocenters. The maximum absolute atomic E-state index is 11.9. The molecule has 1 aliphatic heterocycles. The van der Waals surface area contributed by atoms with E-state index in [1.807, 2.05) is 12.1 Å². The van der Waals surface area contributed by atoms with Crippen LogP contribution in [0.1, 0.15) is 35.7 Å². The lowest BCUT2D eigenvalue weighted by Gasteiger charge is -2.36. The molecule has 1 fully saturated rings. The first-order valence-electron chi connectivity index (χ1n) is 8.08. The highest BCUT2D eigenvalue weighted by Gasteiger charge is 2.23. The summed E-state index contributed by atoms with van der Waals surface area (Å²) < 4.78 is 10.7. The Kier molecular flexibility index (Phi) is 4.80. The molecule has 0 bridgehead atoms. The van der Waals surface area contributed by atoms with E-state index in [1.165, 1.54) is 0 Å². The smallest absolute Gasteiger partial charge is 0.290 e. The van der Waals surface area contributed by atoms with E-state index in [1.54, 1.807) is 19.2 Å². The molecule has 2 aromatic heterocycles. The van der Waals surface area contributed by atoms with Gasteiger partial charge in [-0.25, -0.2) is 4.98 Å². The Bertz CT molecular complexity index is 688. The van der Waals surface area contributed by atoms with Gasteiger partial charge in [-0.2, -0.15) is 0 Å². The Morgan fingerprint density at radius 3 is 2.67 bits per heavy atom. The molecule has 0 aliphatic carbocycles. The van der Waals surface area contributed by atoms with E-state index in [-0.39, 0.29) is 23.9 Å². The first-order valence-corrected chi connectivity index (χ1v) is 8.08. The summed E-state index contributed by atoms with van der Waals surface area (Å²) in [6.45, 7) is 7.96. The number of carbonyl (C=O) groups excluding carboxylic acids is 1. The van der Waals surface area contributed by atoms with Crippen molar-refractivity contribution in [3.05, 3.63) is 41.4 Å². The SMILES string of the molecule is Cc1cc(C(=O)NCc2ccc(N3CC(C)OC(C)C3)nc2)on1. The van der Waals surface area contributed by atoms with Crippen molar-refractivity contribution in [2.75, 3.05) is 18.0 Å². The molecule has 2 atom stereocenters. The number of hydrogen-bond donors (Lipinski definition) is 1. The second-order valence-electron chi connectivity index (χ2n) is 6.20. The third kappa shape index (κ3) is 3.91. The highest BCUT2D eigenvalue weighted by molar-refractivity contribution is 5.91. The van der Waals surface area contributed by atoms with Crippen molar-refractivity contribution in [2.45, 2.75) is 39.5 Å². The van der Waals surface area contributed by atoms with Gasteiger partial charge in [-0.15, -0.1) is 0 Å². The van der Waals surface area contributed by atoms with Crippen LogP contribution in [0.4, 0.5) is 5.82 Å². The summed E-state index contributed by atoms with van der Waals surface area (Å²) in [5, 5.41) is 6.50. The van der Waals surface area contributed by atoms with Gasteiger partial charge in [0.1, 0.15) is 5.82 Å². The molecule has 0 radical (unpaired) electrons. The average molecular weight is 330 g/mol. The van der Waals surface area contributed by atoms with Gasteiger partial charge in [-0.3, -0.25) is 4.79 Å². The Morgan fingerprint density at radius 1 is 1.33 bits per heavy atom. The molecule has 0 saturated carbocycles. The maximum Gasteiger partial charge on any atom is 0.290 e. The highest BCUT2D eigenvalue weighted by atomic mass is 16.5. The molecular formula is C17H22N4O3.